The van der Waals surface area contributed by atoms with Gasteiger partial charge in [-0.3, -0.25) is 0 Å². The van der Waals surface area contributed by atoms with E-state index in [9.17, 15) is 4.79 Å². The summed E-state index contributed by atoms with van der Waals surface area (Å²) < 4.78 is 5.31. The molecule has 1 aliphatic heterocycles. The molecule has 1 saturated heterocycles. The van der Waals surface area contributed by atoms with Gasteiger partial charge in [-0.05, 0) is 31.9 Å². The van der Waals surface area contributed by atoms with Crippen molar-refractivity contribution in [3.8, 4) is 0 Å². The van der Waals surface area contributed by atoms with Crippen molar-refractivity contribution in [2.24, 2.45) is 0 Å². The number of nitrogens with one attached hydrogen (secondary N) is 1. The maximum atomic E-state index is 10.8. The summed E-state index contributed by atoms with van der Waals surface area (Å²) in [6.45, 7) is 3.55. The lowest BCUT2D eigenvalue weighted by atomic mass is 9.92. The van der Waals surface area contributed by atoms with Crippen LogP contribution in [0.4, 0.5) is 5.82 Å². The zero-order valence-corrected chi connectivity index (χ0v) is 9.77. The van der Waals surface area contributed by atoms with Gasteiger partial charge in [0.05, 0.1) is 5.56 Å². The Hall–Kier alpha value is -1.62. The van der Waals surface area contributed by atoms with E-state index < -0.39 is 5.97 Å². The number of pyridine rings is 1. The third-order valence-electron chi connectivity index (χ3n) is 3.03. The second-order valence-corrected chi connectivity index (χ2v) is 4.53. The lowest BCUT2D eigenvalue weighted by molar-refractivity contribution is 0.0655. The zero-order chi connectivity index (χ0) is 12.3. The van der Waals surface area contributed by atoms with Gasteiger partial charge in [0.2, 0.25) is 0 Å². The molecule has 1 aromatic rings. The molecule has 0 radical (unpaired) electrons. The summed E-state index contributed by atoms with van der Waals surface area (Å²) in [5.41, 5.74) is 0.181. The number of nitrogens with zero attached hydrogens (tertiary/aromatic N) is 1. The smallest absolute Gasteiger partial charge is 0.335 e. The van der Waals surface area contributed by atoms with Crippen molar-refractivity contribution in [1.29, 1.82) is 0 Å². The second-order valence-electron chi connectivity index (χ2n) is 4.53. The third-order valence-corrected chi connectivity index (χ3v) is 3.03. The van der Waals surface area contributed by atoms with Crippen LogP contribution in [0.2, 0.25) is 0 Å². The van der Waals surface area contributed by atoms with Crippen molar-refractivity contribution < 1.29 is 14.6 Å². The van der Waals surface area contributed by atoms with Crippen LogP contribution >= 0.6 is 0 Å². The highest BCUT2D eigenvalue weighted by atomic mass is 16.5. The zero-order valence-electron chi connectivity index (χ0n) is 9.77. The van der Waals surface area contributed by atoms with Crippen LogP contribution in [0, 0.1) is 0 Å². The van der Waals surface area contributed by atoms with E-state index in [1.54, 1.807) is 6.07 Å². The molecule has 1 aliphatic rings. The van der Waals surface area contributed by atoms with Crippen molar-refractivity contribution in [3.63, 3.8) is 0 Å². The molecule has 92 valence electrons. The molecular weight excluding hydrogens is 220 g/mol. The molecule has 0 amide bonds. The summed E-state index contributed by atoms with van der Waals surface area (Å²) in [7, 11) is 0. The molecular formula is C12H16N2O3. The van der Waals surface area contributed by atoms with Crippen LogP contribution in [0.1, 0.15) is 30.1 Å². The summed E-state index contributed by atoms with van der Waals surface area (Å²) >= 11 is 0. The quantitative estimate of drug-likeness (QED) is 0.836. The number of hydrogen-bond acceptors (Lipinski definition) is 4. The van der Waals surface area contributed by atoms with Crippen molar-refractivity contribution in [2.75, 3.05) is 18.5 Å². The van der Waals surface area contributed by atoms with Gasteiger partial charge in [0.15, 0.2) is 0 Å². The van der Waals surface area contributed by atoms with Crippen LogP contribution in [0.3, 0.4) is 0 Å². The Bertz CT molecular complexity index is 414. The Morgan fingerprint density at radius 1 is 1.53 bits per heavy atom. The van der Waals surface area contributed by atoms with Gasteiger partial charge in [0.1, 0.15) is 5.82 Å². The molecule has 5 heteroatoms. The van der Waals surface area contributed by atoms with E-state index in [0.29, 0.717) is 5.82 Å². The number of carbonyl (C=O) groups is 1. The summed E-state index contributed by atoms with van der Waals surface area (Å²) in [6, 6.07) is 3.04. The van der Waals surface area contributed by atoms with Gasteiger partial charge < -0.3 is 15.2 Å². The lowest BCUT2D eigenvalue weighted by Gasteiger charge is -2.34. The Balaban J connectivity index is 2.12. The molecule has 2 heterocycles. The normalized spacial score (nSPS) is 18.6. The van der Waals surface area contributed by atoms with Gasteiger partial charge in [-0.25, -0.2) is 9.78 Å². The average Bonchev–Trinajstić information content (AvgIpc) is 2.29. The number of ether oxygens (including phenoxy) is 1. The Kier molecular flexibility index (Phi) is 3.28. The molecule has 5 nitrogen and oxygen atoms in total. The molecule has 0 bridgehead atoms. The van der Waals surface area contributed by atoms with E-state index in [2.05, 4.69) is 17.2 Å². The van der Waals surface area contributed by atoms with E-state index >= 15 is 0 Å². The van der Waals surface area contributed by atoms with Gasteiger partial charge in [-0.1, -0.05) is 0 Å². The minimum Gasteiger partial charge on any atom is -0.478 e. The molecule has 1 aromatic heterocycles. The average molecular weight is 236 g/mol. The first-order valence-corrected chi connectivity index (χ1v) is 5.64. The monoisotopic (exact) mass is 236 g/mol. The predicted octanol–water partition coefficient (Wildman–Crippen LogP) is 1.76. The number of carboxylic acid groups (broad SMARTS) is 1. The minimum atomic E-state index is -0.937. The van der Waals surface area contributed by atoms with E-state index in [4.69, 9.17) is 9.84 Å². The summed E-state index contributed by atoms with van der Waals surface area (Å²) in [6.07, 6.45) is 3.30. The first kappa shape index (κ1) is 11.9. The van der Waals surface area contributed by atoms with E-state index in [1.165, 1.54) is 12.3 Å². The summed E-state index contributed by atoms with van der Waals surface area (Å²) in [5.74, 6) is -0.332. The molecule has 2 N–H and O–H groups in total. The van der Waals surface area contributed by atoms with Crippen LogP contribution in [0.5, 0.6) is 0 Å². The van der Waals surface area contributed by atoms with Crippen LogP contribution in [0.25, 0.3) is 0 Å². The molecule has 0 spiro atoms. The molecule has 0 aromatic carbocycles. The number of rotatable bonds is 3. The van der Waals surface area contributed by atoms with Crippen molar-refractivity contribution in [2.45, 2.75) is 25.3 Å². The van der Waals surface area contributed by atoms with Crippen molar-refractivity contribution in [3.05, 3.63) is 23.9 Å². The fourth-order valence-corrected chi connectivity index (χ4v) is 1.89. The highest BCUT2D eigenvalue weighted by Gasteiger charge is 2.27. The van der Waals surface area contributed by atoms with E-state index in [1.807, 2.05) is 0 Å². The predicted molar refractivity (Wildman–Crippen MR) is 63.3 cm³/mol. The summed E-state index contributed by atoms with van der Waals surface area (Å²) in [5, 5.41) is 12.2. The Morgan fingerprint density at radius 3 is 2.88 bits per heavy atom. The number of aromatic nitrogens is 1. The van der Waals surface area contributed by atoms with Crippen LogP contribution < -0.4 is 5.32 Å². The fraction of sp³-hybridized carbons (Fsp3) is 0.500. The molecule has 1 fully saturated rings. The van der Waals surface area contributed by atoms with Gasteiger partial charge in [0, 0.05) is 24.9 Å². The van der Waals surface area contributed by atoms with E-state index in [0.717, 1.165) is 26.1 Å². The molecule has 0 saturated carbocycles. The van der Waals surface area contributed by atoms with Crippen LogP contribution in [0.15, 0.2) is 18.3 Å². The first-order chi connectivity index (χ1) is 8.09. The molecule has 0 aliphatic carbocycles. The minimum absolute atomic E-state index is 0.0671. The number of carboxylic acids is 1. The number of hydrogen-bond donors (Lipinski definition) is 2. The van der Waals surface area contributed by atoms with E-state index in [-0.39, 0.29) is 11.1 Å². The maximum Gasteiger partial charge on any atom is 0.335 e. The molecule has 0 atom stereocenters. The fourth-order valence-electron chi connectivity index (χ4n) is 1.89. The highest BCUT2D eigenvalue weighted by molar-refractivity contribution is 5.88. The van der Waals surface area contributed by atoms with Gasteiger partial charge in [0.25, 0.3) is 0 Å². The maximum absolute atomic E-state index is 10.8. The van der Waals surface area contributed by atoms with Gasteiger partial charge in [-0.15, -0.1) is 0 Å². The topological polar surface area (TPSA) is 71.5 Å². The standard InChI is InChI=1S/C12H16N2O3/c1-12(3-6-17-7-4-12)14-10-8-9(11(15)16)2-5-13-10/h2,5,8H,3-4,6-7H2,1H3,(H,13,14)(H,15,16). The number of anilines is 1. The Morgan fingerprint density at radius 2 is 2.24 bits per heavy atom. The van der Waals surface area contributed by atoms with Gasteiger partial charge in [-0.2, -0.15) is 0 Å². The molecule has 2 rings (SSSR count). The first-order valence-electron chi connectivity index (χ1n) is 5.64. The Labute approximate surface area is 99.8 Å². The van der Waals surface area contributed by atoms with Crippen molar-refractivity contribution in [1.82, 2.24) is 4.98 Å². The largest absolute Gasteiger partial charge is 0.478 e. The third kappa shape index (κ3) is 2.94. The lowest BCUT2D eigenvalue weighted by Crippen LogP contribution is -2.40. The van der Waals surface area contributed by atoms with Gasteiger partial charge >= 0.3 is 5.97 Å². The number of aromatic carboxylic acids is 1. The van der Waals surface area contributed by atoms with Crippen LogP contribution in [-0.2, 0) is 4.74 Å². The summed E-state index contributed by atoms with van der Waals surface area (Å²) in [4.78, 5) is 15.0. The SMILES string of the molecule is CC1(Nc2cc(C(=O)O)ccn2)CCOCC1. The molecule has 17 heavy (non-hydrogen) atoms. The van der Waals surface area contributed by atoms with Crippen molar-refractivity contribution >= 4 is 11.8 Å². The molecule has 0 unspecified atom stereocenters. The highest BCUT2D eigenvalue weighted by Crippen LogP contribution is 2.24. The second kappa shape index (κ2) is 4.71. The van der Waals surface area contributed by atoms with Crippen LogP contribution in [-0.4, -0.2) is 34.8 Å².